The van der Waals surface area contributed by atoms with Gasteiger partial charge in [-0.25, -0.2) is 0 Å². The molecule has 0 aliphatic heterocycles. The summed E-state index contributed by atoms with van der Waals surface area (Å²) in [5.41, 5.74) is 0. The second-order valence-corrected chi connectivity index (χ2v) is 5.39. The summed E-state index contributed by atoms with van der Waals surface area (Å²) in [6, 6.07) is 0. The third-order valence-corrected chi connectivity index (χ3v) is 3.40. The molecular weight excluding hydrogens is 234 g/mol. The molecule has 0 heterocycles. The number of aliphatic imine (C=N–C) groups is 1. The van der Waals surface area contributed by atoms with E-state index in [2.05, 4.69) is 28.5 Å². The summed E-state index contributed by atoms with van der Waals surface area (Å²) in [7, 11) is 3.87. The van der Waals surface area contributed by atoms with Crippen molar-refractivity contribution in [3.8, 4) is 0 Å². The molecule has 1 fully saturated rings. The molecule has 1 aliphatic carbocycles. The van der Waals surface area contributed by atoms with Crippen molar-refractivity contribution in [3.05, 3.63) is 0 Å². The Labute approximate surface area is 109 Å². The molecule has 100 valence electrons. The van der Waals surface area contributed by atoms with Crippen LogP contribution >= 0.6 is 11.8 Å². The molecule has 0 spiro atoms. The third kappa shape index (κ3) is 6.78. The van der Waals surface area contributed by atoms with Gasteiger partial charge < -0.3 is 15.0 Å². The van der Waals surface area contributed by atoms with Gasteiger partial charge in [-0.2, -0.15) is 11.8 Å². The number of guanidine groups is 1. The summed E-state index contributed by atoms with van der Waals surface area (Å²) >= 11 is 1.84. The van der Waals surface area contributed by atoms with Gasteiger partial charge in [0.25, 0.3) is 0 Å². The fourth-order valence-electron chi connectivity index (χ4n) is 1.49. The van der Waals surface area contributed by atoms with Crippen LogP contribution in [0.4, 0.5) is 0 Å². The van der Waals surface area contributed by atoms with Crippen LogP contribution in [0.25, 0.3) is 0 Å². The SMILES string of the molecule is CN=C(NCCSC)N(C)CCOCC1CC1. The second kappa shape index (κ2) is 8.64. The first-order valence-corrected chi connectivity index (χ1v) is 7.65. The molecular formula is C12H25N3OS. The van der Waals surface area contributed by atoms with Crippen LogP contribution in [0.2, 0.25) is 0 Å². The Morgan fingerprint density at radius 1 is 1.53 bits per heavy atom. The van der Waals surface area contributed by atoms with Gasteiger partial charge in [0.05, 0.1) is 6.61 Å². The van der Waals surface area contributed by atoms with Crippen LogP contribution in [0.5, 0.6) is 0 Å². The maximum atomic E-state index is 5.62. The Bertz CT molecular complexity index is 232. The third-order valence-electron chi connectivity index (χ3n) is 2.78. The molecule has 0 radical (unpaired) electrons. The summed E-state index contributed by atoms with van der Waals surface area (Å²) in [5, 5.41) is 3.33. The highest BCUT2D eigenvalue weighted by Crippen LogP contribution is 2.28. The van der Waals surface area contributed by atoms with Crippen LogP contribution < -0.4 is 5.32 Å². The minimum Gasteiger partial charge on any atom is -0.379 e. The van der Waals surface area contributed by atoms with E-state index in [1.165, 1.54) is 12.8 Å². The van der Waals surface area contributed by atoms with Crippen LogP contribution in [0.3, 0.4) is 0 Å². The van der Waals surface area contributed by atoms with E-state index >= 15 is 0 Å². The van der Waals surface area contributed by atoms with Gasteiger partial charge in [-0.05, 0) is 25.0 Å². The van der Waals surface area contributed by atoms with Gasteiger partial charge in [0, 0.05) is 39.5 Å². The van der Waals surface area contributed by atoms with Crippen molar-refractivity contribution in [2.75, 3.05) is 52.4 Å². The first kappa shape index (κ1) is 14.6. The maximum Gasteiger partial charge on any atom is 0.193 e. The van der Waals surface area contributed by atoms with Crippen molar-refractivity contribution in [2.45, 2.75) is 12.8 Å². The molecule has 1 N–H and O–H groups in total. The molecule has 17 heavy (non-hydrogen) atoms. The largest absolute Gasteiger partial charge is 0.379 e. The zero-order valence-electron chi connectivity index (χ0n) is 11.2. The van der Waals surface area contributed by atoms with E-state index in [1.54, 1.807) is 0 Å². The minimum atomic E-state index is 0.788. The normalized spacial score (nSPS) is 16.1. The van der Waals surface area contributed by atoms with Crippen molar-refractivity contribution in [2.24, 2.45) is 10.9 Å². The highest BCUT2D eigenvalue weighted by molar-refractivity contribution is 7.98. The number of ether oxygens (including phenoxy) is 1. The topological polar surface area (TPSA) is 36.9 Å². The predicted octanol–water partition coefficient (Wildman–Crippen LogP) is 1.28. The number of thioether (sulfide) groups is 1. The van der Waals surface area contributed by atoms with Gasteiger partial charge >= 0.3 is 0 Å². The molecule has 0 unspecified atom stereocenters. The summed E-state index contributed by atoms with van der Waals surface area (Å²) < 4.78 is 5.62. The zero-order chi connectivity index (χ0) is 12.5. The quantitative estimate of drug-likeness (QED) is 0.405. The molecule has 0 aromatic heterocycles. The lowest BCUT2D eigenvalue weighted by Gasteiger charge is -2.21. The van der Waals surface area contributed by atoms with Gasteiger partial charge in [-0.15, -0.1) is 0 Å². The summed E-state index contributed by atoms with van der Waals surface area (Å²) in [6.07, 6.45) is 4.82. The van der Waals surface area contributed by atoms with Crippen molar-refractivity contribution < 1.29 is 4.74 Å². The summed E-state index contributed by atoms with van der Waals surface area (Å²) in [5.74, 6) is 2.90. The van der Waals surface area contributed by atoms with Crippen molar-refractivity contribution >= 4 is 17.7 Å². The molecule has 0 atom stereocenters. The molecule has 0 bridgehead atoms. The Morgan fingerprint density at radius 2 is 2.29 bits per heavy atom. The van der Waals surface area contributed by atoms with E-state index in [1.807, 2.05) is 18.8 Å². The van der Waals surface area contributed by atoms with Crippen LogP contribution in [0.15, 0.2) is 4.99 Å². The van der Waals surface area contributed by atoms with E-state index in [0.29, 0.717) is 0 Å². The fourth-order valence-corrected chi connectivity index (χ4v) is 1.80. The van der Waals surface area contributed by atoms with Gasteiger partial charge in [-0.3, -0.25) is 4.99 Å². The maximum absolute atomic E-state index is 5.62. The number of rotatable bonds is 8. The van der Waals surface area contributed by atoms with Gasteiger partial charge in [0.1, 0.15) is 0 Å². The first-order valence-electron chi connectivity index (χ1n) is 6.26. The lowest BCUT2D eigenvalue weighted by atomic mass is 10.5. The Kier molecular flexibility index (Phi) is 7.44. The molecule has 1 aliphatic rings. The number of hydrogen-bond acceptors (Lipinski definition) is 3. The molecule has 5 heteroatoms. The number of likely N-dealkylation sites (N-methyl/N-ethyl adjacent to an activating group) is 1. The first-order chi connectivity index (χ1) is 8.27. The highest BCUT2D eigenvalue weighted by atomic mass is 32.2. The van der Waals surface area contributed by atoms with E-state index in [0.717, 1.165) is 43.9 Å². The van der Waals surface area contributed by atoms with E-state index < -0.39 is 0 Å². The number of hydrogen-bond donors (Lipinski definition) is 1. The van der Waals surface area contributed by atoms with Crippen LogP contribution in [-0.2, 0) is 4.74 Å². The van der Waals surface area contributed by atoms with Crippen molar-refractivity contribution in [3.63, 3.8) is 0 Å². The molecule has 0 aromatic rings. The lowest BCUT2D eigenvalue weighted by Crippen LogP contribution is -2.41. The molecule has 0 amide bonds. The summed E-state index contributed by atoms with van der Waals surface area (Å²) in [4.78, 5) is 6.37. The van der Waals surface area contributed by atoms with Gasteiger partial charge in [0.15, 0.2) is 5.96 Å². The molecule has 0 saturated heterocycles. The predicted molar refractivity (Wildman–Crippen MR) is 75.9 cm³/mol. The molecule has 4 nitrogen and oxygen atoms in total. The van der Waals surface area contributed by atoms with Crippen LogP contribution in [-0.4, -0.2) is 63.3 Å². The standard InChI is InChI=1S/C12H25N3OS/c1-13-12(14-6-9-17-3)15(2)7-8-16-10-11-4-5-11/h11H,4-10H2,1-3H3,(H,13,14). The smallest absolute Gasteiger partial charge is 0.193 e. The van der Waals surface area contributed by atoms with E-state index in [9.17, 15) is 0 Å². The molecule has 0 aromatic carbocycles. The highest BCUT2D eigenvalue weighted by Gasteiger charge is 2.21. The number of nitrogens with one attached hydrogen (secondary N) is 1. The Hall–Kier alpha value is -0.420. The fraction of sp³-hybridized carbons (Fsp3) is 0.917. The van der Waals surface area contributed by atoms with Crippen molar-refractivity contribution in [1.29, 1.82) is 0 Å². The van der Waals surface area contributed by atoms with E-state index in [-0.39, 0.29) is 0 Å². The Morgan fingerprint density at radius 3 is 2.88 bits per heavy atom. The van der Waals surface area contributed by atoms with E-state index in [4.69, 9.17) is 4.74 Å². The lowest BCUT2D eigenvalue weighted by molar-refractivity contribution is 0.115. The summed E-state index contributed by atoms with van der Waals surface area (Å²) in [6.45, 7) is 3.58. The van der Waals surface area contributed by atoms with Crippen LogP contribution in [0.1, 0.15) is 12.8 Å². The number of nitrogens with zero attached hydrogens (tertiary/aromatic N) is 2. The van der Waals surface area contributed by atoms with Gasteiger partial charge in [0.2, 0.25) is 0 Å². The second-order valence-electron chi connectivity index (χ2n) is 4.41. The average Bonchev–Trinajstić information content (AvgIpc) is 3.14. The Balaban J connectivity index is 2.06. The monoisotopic (exact) mass is 259 g/mol. The van der Waals surface area contributed by atoms with Gasteiger partial charge in [-0.1, -0.05) is 0 Å². The average molecular weight is 259 g/mol. The zero-order valence-corrected chi connectivity index (χ0v) is 12.1. The van der Waals surface area contributed by atoms with Crippen molar-refractivity contribution in [1.82, 2.24) is 10.2 Å². The minimum absolute atomic E-state index is 0.788. The molecule has 1 saturated carbocycles. The van der Waals surface area contributed by atoms with Crippen LogP contribution in [0, 0.1) is 5.92 Å². The molecule has 1 rings (SSSR count).